The van der Waals surface area contributed by atoms with Crippen molar-refractivity contribution in [1.29, 1.82) is 0 Å². The molecule has 0 unspecified atom stereocenters. The number of esters is 1. The van der Waals surface area contributed by atoms with Crippen LogP contribution in [-0.4, -0.2) is 25.1 Å². The summed E-state index contributed by atoms with van der Waals surface area (Å²) in [6.45, 7) is 7.62. The van der Waals surface area contributed by atoms with E-state index in [2.05, 4.69) is 19.2 Å². The standard InChI is InChI=1S/C23H29NO4/c1-5-17-10-9-11-18(6-2)23(17)24-21(25)14-28-22(26)15-27-20-13-8-7-12-19(20)16(3)4/h7-13,16H,5-6,14-15H2,1-4H3,(H,24,25). The maximum atomic E-state index is 12.2. The van der Waals surface area contributed by atoms with Crippen molar-refractivity contribution >= 4 is 17.6 Å². The van der Waals surface area contributed by atoms with Crippen LogP contribution in [0.1, 0.15) is 50.3 Å². The van der Waals surface area contributed by atoms with Crippen molar-refractivity contribution in [3.8, 4) is 5.75 Å². The highest BCUT2D eigenvalue weighted by atomic mass is 16.6. The van der Waals surface area contributed by atoms with Gasteiger partial charge >= 0.3 is 5.97 Å². The monoisotopic (exact) mass is 383 g/mol. The largest absolute Gasteiger partial charge is 0.482 e. The van der Waals surface area contributed by atoms with Crippen LogP contribution in [0, 0.1) is 0 Å². The molecule has 2 aromatic carbocycles. The number of benzene rings is 2. The van der Waals surface area contributed by atoms with E-state index < -0.39 is 5.97 Å². The summed E-state index contributed by atoms with van der Waals surface area (Å²) in [7, 11) is 0. The first-order chi connectivity index (χ1) is 13.5. The van der Waals surface area contributed by atoms with Crippen LogP contribution in [0.4, 0.5) is 5.69 Å². The number of anilines is 1. The molecule has 5 nitrogen and oxygen atoms in total. The molecule has 0 saturated heterocycles. The lowest BCUT2D eigenvalue weighted by atomic mass is 10.0. The topological polar surface area (TPSA) is 64.6 Å². The van der Waals surface area contributed by atoms with Crippen molar-refractivity contribution in [2.45, 2.75) is 46.5 Å². The van der Waals surface area contributed by atoms with E-state index in [-0.39, 0.29) is 25.0 Å². The van der Waals surface area contributed by atoms with Crippen molar-refractivity contribution in [3.05, 3.63) is 59.2 Å². The van der Waals surface area contributed by atoms with E-state index in [1.54, 1.807) is 0 Å². The first-order valence-corrected chi connectivity index (χ1v) is 9.74. The summed E-state index contributed by atoms with van der Waals surface area (Å²) in [5.74, 6) is 0.00693. The van der Waals surface area contributed by atoms with Crippen molar-refractivity contribution in [2.24, 2.45) is 0 Å². The number of carbonyl (C=O) groups is 2. The molecule has 0 aliphatic rings. The summed E-state index contributed by atoms with van der Waals surface area (Å²) in [6.07, 6.45) is 1.62. The number of aryl methyl sites for hydroxylation is 2. The fraction of sp³-hybridized carbons (Fsp3) is 0.391. The number of hydrogen-bond donors (Lipinski definition) is 1. The Labute approximate surface area is 167 Å². The van der Waals surface area contributed by atoms with Gasteiger partial charge in [0, 0.05) is 5.69 Å². The molecule has 0 bridgehead atoms. The van der Waals surface area contributed by atoms with Gasteiger partial charge in [0.1, 0.15) is 5.75 Å². The number of hydrogen-bond acceptors (Lipinski definition) is 4. The normalized spacial score (nSPS) is 10.6. The SMILES string of the molecule is CCc1cccc(CC)c1NC(=O)COC(=O)COc1ccccc1C(C)C. The van der Waals surface area contributed by atoms with Crippen molar-refractivity contribution in [3.63, 3.8) is 0 Å². The highest BCUT2D eigenvalue weighted by molar-refractivity contribution is 5.94. The van der Waals surface area contributed by atoms with Gasteiger partial charge < -0.3 is 14.8 Å². The fourth-order valence-corrected chi connectivity index (χ4v) is 2.99. The molecule has 0 aromatic heterocycles. The molecule has 0 atom stereocenters. The molecule has 5 heteroatoms. The molecule has 0 heterocycles. The van der Waals surface area contributed by atoms with Gasteiger partial charge in [-0.2, -0.15) is 0 Å². The third-order valence-electron chi connectivity index (χ3n) is 4.51. The second-order valence-corrected chi connectivity index (χ2v) is 6.85. The first kappa shape index (κ1) is 21.5. The van der Waals surface area contributed by atoms with Crippen molar-refractivity contribution < 1.29 is 19.1 Å². The van der Waals surface area contributed by atoms with Gasteiger partial charge in [-0.25, -0.2) is 4.79 Å². The lowest BCUT2D eigenvalue weighted by Crippen LogP contribution is -2.24. The van der Waals surface area contributed by atoms with Crippen molar-refractivity contribution in [1.82, 2.24) is 0 Å². The molecule has 0 saturated carbocycles. The smallest absolute Gasteiger partial charge is 0.344 e. The van der Waals surface area contributed by atoms with Gasteiger partial charge in [-0.3, -0.25) is 4.79 Å². The molecular formula is C23H29NO4. The zero-order chi connectivity index (χ0) is 20.5. The Morgan fingerprint density at radius 1 is 0.929 bits per heavy atom. The van der Waals surface area contributed by atoms with Gasteiger partial charge in [-0.05, 0) is 41.5 Å². The second kappa shape index (κ2) is 10.5. The number of nitrogens with one attached hydrogen (secondary N) is 1. The lowest BCUT2D eigenvalue weighted by Gasteiger charge is -2.15. The molecule has 0 spiro atoms. The van der Waals surface area contributed by atoms with Gasteiger partial charge in [0.2, 0.25) is 0 Å². The van der Waals surface area contributed by atoms with E-state index in [4.69, 9.17) is 9.47 Å². The van der Waals surface area contributed by atoms with Gasteiger partial charge in [0.05, 0.1) is 0 Å². The molecule has 1 amide bonds. The summed E-state index contributed by atoms with van der Waals surface area (Å²) in [4.78, 5) is 24.2. The molecule has 0 radical (unpaired) electrons. The Balaban J connectivity index is 1.88. The molecule has 2 aromatic rings. The van der Waals surface area contributed by atoms with E-state index >= 15 is 0 Å². The van der Waals surface area contributed by atoms with Crippen LogP contribution < -0.4 is 10.1 Å². The van der Waals surface area contributed by atoms with Crippen LogP contribution >= 0.6 is 0 Å². The third kappa shape index (κ3) is 5.84. The Bertz CT molecular complexity index is 792. The highest BCUT2D eigenvalue weighted by Crippen LogP contribution is 2.26. The Morgan fingerprint density at radius 3 is 2.18 bits per heavy atom. The Hall–Kier alpha value is -2.82. The zero-order valence-electron chi connectivity index (χ0n) is 17.1. The summed E-state index contributed by atoms with van der Waals surface area (Å²) in [5.41, 5.74) is 3.97. The predicted molar refractivity (Wildman–Crippen MR) is 111 cm³/mol. The molecule has 28 heavy (non-hydrogen) atoms. The van der Waals surface area contributed by atoms with Gasteiger partial charge in [0.25, 0.3) is 5.91 Å². The third-order valence-corrected chi connectivity index (χ3v) is 4.51. The maximum absolute atomic E-state index is 12.2. The van der Waals surface area contributed by atoms with E-state index in [9.17, 15) is 9.59 Å². The second-order valence-electron chi connectivity index (χ2n) is 6.85. The van der Waals surface area contributed by atoms with E-state index in [1.807, 2.05) is 56.3 Å². The molecule has 0 aliphatic carbocycles. The van der Waals surface area contributed by atoms with E-state index in [0.29, 0.717) is 5.75 Å². The Morgan fingerprint density at radius 2 is 1.57 bits per heavy atom. The summed E-state index contributed by atoms with van der Waals surface area (Å²) in [6, 6.07) is 13.5. The van der Waals surface area contributed by atoms with Crippen LogP contribution in [0.15, 0.2) is 42.5 Å². The van der Waals surface area contributed by atoms with Crippen LogP contribution in [0.2, 0.25) is 0 Å². The van der Waals surface area contributed by atoms with Crippen molar-refractivity contribution in [2.75, 3.05) is 18.5 Å². The lowest BCUT2D eigenvalue weighted by molar-refractivity contribution is -0.149. The number of amides is 1. The minimum atomic E-state index is -0.576. The Kier molecular flexibility index (Phi) is 8.05. The minimum Gasteiger partial charge on any atom is -0.482 e. The molecule has 0 aliphatic heterocycles. The molecule has 2 rings (SSSR count). The van der Waals surface area contributed by atoms with E-state index in [0.717, 1.165) is 35.2 Å². The zero-order valence-corrected chi connectivity index (χ0v) is 17.1. The maximum Gasteiger partial charge on any atom is 0.344 e. The minimum absolute atomic E-state index is 0.233. The molecule has 1 N–H and O–H groups in total. The van der Waals surface area contributed by atoms with Crippen LogP contribution in [0.5, 0.6) is 5.75 Å². The highest BCUT2D eigenvalue weighted by Gasteiger charge is 2.14. The quantitative estimate of drug-likeness (QED) is 0.648. The summed E-state index contributed by atoms with van der Waals surface area (Å²) in [5, 5.41) is 2.88. The van der Waals surface area contributed by atoms with Crippen LogP contribution in [0.3, 0.4) is 0 Å². The van der Waals surface area contributed by atoms with Gasteiger partial charge in [-0.15, -0.1) is 0 Å². The van der Waals surface area contributed by atoms with E-state index in [1.165, 1.54) is 0 Å². The first-order valence-electron chi connectivity index (χ1n) is 9.74. The average molecular weight is 383 g/mol. The number of ether oxygens (including phenoxy) is 2. The summed E-state index contributed by atoms with van der Waals surface area (Å²) < 4.78 is 10.6. The fourth-order valence-electron chi connectivity index (χ4n) is 2.99. The number of para-hydroxylation sites is 2. The van der Waals surface area contributed by atoms with Crippen LogP contribution in [-0.2, 0) is 27.2 Å². The van der Waals surface area contributed by atoms with Crippen LogP contribution in [0.25, 0.3) is 0 Å². The number of carbonyl (C=O) groups excluding carboxylic acids is 2. The molecule has 0 fully saturated rings. The van der Waals surface area contributed by atoms with Gasteiger partial charge in [0.15, 0.2) is 13.2 Å². The molecular weight excluding hydrogens is 354 g/mol. The predicted octanol–water partition coefficient (Wildman–Crippen LogP) is 4.50. The summed E-state index contributed by atoms with van der Waals surface area (Å²) >= 11 is 0. The number of rotatable bonds is 9. The van der Waals surface area contributed by atoms with Gasteiger partial charge in [-0.1, -0.05) is 64.1 Å². The molecule has 150 valence electrons. The average Bonchev–Trinajstić information content (AvgIpc) is 2.70.